The summed E-state index contributed by atoms with van der Waals surface area (Å²) in [4.78, 5) is 101. The van der Waals surface area contributed by atoms with Gasteiger partial charge in [0.1, 0.15) is 31.3 Å². The maximum Gasteiger partial charge on any atom is 1.00 e. The van der Waals surface area contributed by atoms with E-state index in [-0.39, 0.29) is 141 Å². The van der Waals surface area contributed by atoms with Crippen molar-refractivity contribution in [2.75, 3.05) is 19.7 Å². The molecule has 0 radical (unpaired) electrons. The Balaban J connectivity index is 0.000000375. The molecule has 0 fully saturated rings. The number of aliphatic hydroxyl groups excluding tert-OH is 1. The fraction of sp³-hybridized carbons (Fsp3) is 0.277. The van der Waals surface area contributed by atoms with Gasteiger partial charge in [0.25, 0.3) is 11.8 Å². The SMILES string of the molecule is CC(C)N(CC(=O)NCc1cccc(Cl)c1F)C(=O)Cn1nc(C(N)=O)c2cc(C(=O)CO)ccc21.CC(C)N(CC(=O)NCc1cccc(Cl)c1F)C(=O)Cn1nc(C(N)=O)c2cc(C(=O)O)ccc21.[Na+].[OH-]. The molecule has 382 valence electrons. The number of aromatic nitrogens is 4. The van der Waals surface area contributed by atoms with Crippen molar-refractivity contribution in [3.8, 4) is 0 Å². The molecule has 26 heteroatoms. The summed E-state index contributed by atoms with van der Waals surface area (Å²) in [7, 11) is 0. The number of nitrogens with zero attached hydrogens (tertiary/aromatic N) is 6. The summed E-state index contributed by atoms with van der Waals surface area (Å²) < 4.78 is 30.6. The van der Waals surface area contributed by atoms with Crippen LogP contribution in [0.3, 0.4) is 0 Å². The maximum atomic E-state index is 14.1. The number of aromatic carboxylic acids is 1. The molecule has 0 saturated carbocycles. The summed E-state index contributed by atoms with van der Waals surface area (Å²) in [5.74, 6) is -6.70. The van der Waals surface area contributed by atoms with Gasteiger partial charge < -0.3 is 47.6 Å². The smallest absolute Gasteiger partial charge is 0.870 e. The fourth-order valence-electron chi connectivity index (χ4n) is 7.10. The van der Waals surface area contributed by atoms with Crippen LogP contribution < -0.4 is 51.7 Å². The first-order valence-electron chi connectivity index (χ1n) is 21.5. The maximum absolute atomic E-state index is 14.1. The summed E-state index contributed by atoms with van der Waals surface area (Å²) in [6.07, 6.45) is 0. The summed E-state index contributed by atoms with van der Waals surface area (Å²) in [6, 6.07) is 16.5. The second kappa shape index (κ2) is 26.7. The van der Waals surface area contributed by atoms with Gasteiger partial charge in [0.2, 0.25) is 23.6 Å². The van der Waals surface area contributed by atoms with Crippen molar-refractivity contribution in [1.29, 1.82) is 0 Å². The Labute approximate surface area is 447 Å². The van der Waals surface area contributed by atoms with Crippen molar-refractivity contribution in [2.24, 2.45) is 11.5 Å². The Kier molecular flexibility index (Phi) is 22.1. The van der Waals surface area contributed by atoms with E-state index in [1.165, 1.54) is 79.8 Å². The predicted octanol–water partition coefficient (Wildman–Crippen LogP) is 0.663. The van der Waals surface area contributed by atoms with Gasteiger partial charge in [0.05, 0.1) is 39.7 Å². The molecule has 2 aromatic heterocycles. The fourth-order valence-corrected chi connectivity index (χ4v) is 7.48. The van der Waals surface area contributed by atoms with E-state index in [0.717, 1.165) is 0 Å². The number of nitrogens with one attached hydrogen (secondary N) is 2. The van der Waals surface area contributed by atoms with Crippen molar-refractivity contribution in [3.63, 3.8) is 0 Å². The molecule has 6 aromatic rings. The van der Waals surface area contributed by atoms with Gasteiger partial charge in [0, 0.05) is 52.6 Å². The van der Waals surface area contributed by atoms with E-state index in [0.29, 0.717) is 11.0 Å². The van der Waals surface area contributed by atoms with Crippen LogP contribution >= 0.6 is 23.2 Å². The summed E-state index contributed by atoms with van der Waals surface area (Å²) in [5.41, 5.74) is 11.7. The van der Waals surface area contributed by atoms with Gasteiger partial charge in [-0.2, -0.15) is 10.2 Å². The molecule has 6 amide bonds. The van der Waals surface area contributed by atoms with Gasteiger partial charge in [-0.05, 0) is 76.2 Å². The van der Waals surface area contributed by atoms with Gasteiger partial charge in [-0.1, -0.05) is 47.5 Å². The summed E-state index contributed by atoms with van der Waals surface area (Å²) >= 11 is 11.5. The van der Waals surface area contributed by atoms with Crippen LogP contribution in [0.2, 0.25) is 10.0 Å². The minimum atomic E-state index is -1.19. The number of carboxylic acid groups (broad SMARTS) is 1. The molecule has 0 aliphatic rings. The Bertz CT molecular complexity index is 3080. The van der Waals surface area contributed by atoms with Crippen molar-refractivity contribution in [2.45, 2.75) is 66.0 Å². The van der Waals surface area contributed by atoms with E-state index >= 15 is 0 Å². The molecule has 4 aromatic carbocycles. The van der Waals surface area contributed by atoms with Crippen LogP contribution in [0.15, 0.2) is 72.8 Å². The number of aliphatic hydroxyl groups is 1. The molecule has 0 unspecified atom stereocenters. The number of carbonyl (C=O) groups excluding carboxylic acids is 7. The molecule has 0 atom stereocenters. The molecule has 0 spiro atoms. The molecule has 73 heavy (non-hydrogen) atoms. The number of primary amides is 2. The average molecular weight is 1060 g/mol. The number of hydrogen-bond acceptors (Lipinski definition) is 12. The molecular formula is C47H49Cl2F2N10NaO11. The number of carboxylic acids is 1. The van der Waals surface area contributed by atoms with Gasteiger partial charge >= 0.3 is 35.5 Å². The van der Waals surface area contributed by atoms with Crippen molar-refractivity contribution < 1.29 is 92.4 Å². The molecule has 0 aliphatic heterocycles. The van der Waals surface area contributed by atoms with Crippen LogP contribution in [0.1, 0.15) is 80.5 Å². The van der Waals surface area contributed by atoms with E-state index in [4.69, 9.17) is 39.8 Å². The molecule has 0 saturated heterocycles. The number of carbonyl (C=O) groups is 8. The Morgan fingerprint density at radius 3 is 1.40 bits per heavy atom. The minimum Gasteiger partial charge on any atom is -0.870 e. The second-order valence-corrected chi connectivity index (χ2v) is 17.1. The Morgan fingerprint density at radius 2 is 1.04 bits per heavy atom. The topological polar surface area (TPSA) is 325 Å². The third kappa shape index (κ3) is 15.1. The molecule has 0 bridgehead atoms. The zero-order valence-corrected chi connectivity index (χ0v) is 43.5. The number of Topliss-reactive ketones (excluding diaryl/α,β-unsaturated/α-hetero) is 1. The quantitative estimate of drug-likeness (QED) is 0.0481. The van der Waals surface area contributed by atoms with Crippen LogP contribution in [-0.2, 0) is 45.4 Å². The number of ketones is 1. The van der Waals surface area contributed by atoms with Crippen molar-refractivity contribution >= 4 is 92.2 Å². The van der Waals surface area contributed by atoms with Gasteiger partial charge in [0.15, 0.2) is 17.2 Å². The van der Waals surface area contributed by atoms with Crippen LogP contribution in [0, 0.1) is 11.6 Å². The van der Waals surface area contributed by atoms with Gasteiger partial charge in [-0.3, -0.25) is 42.9 Å². The first-order valence-corrected chi connectivity index (χ1v) is 22.2. The van der Waals surface area contributed by atoms with E-state index in [9.17, 15) is 52.2 Å². The average Bonchev–Trinajstić information content (AvgIpc) is 3.88. The number of benzene rings is 4. The van der Waals surface area contributed by atoms with Crippen molar-refractivity contribution in [1.82, 2.24) is 40.0 Å². The number of fused-ring (bicyclic) bond motifs is 2. The number of halogens is 4. The van der Waals surface area contributed by atoms with Crippen LogP contribution in [-0.4, -0.2) is 124 Å². The standard InChI is InChI=1S/C24H25ClFN5O5.C23H23ClFN5O5.Na.H2O/c1-13(2)30(10-20(34)28-9-15-4-3-5-17(25)22(15)26)21(35)11-31-18-7-6-14(19(33)12-32)8-16(18)23(29-31)24(27)36;1-12(2)29(10-18(31)27-9-14-4-3-5-16(24)20(14)25)19(32)11-30-17-7-6-13(23(34)35)8-15(17)21(28-30)22(26)33;;/h3-8,13,32H,9-12H2,1-2H3,(H2,27,36)(H,28,34);3-8,12H,9-11H2,1-2H3,(H2,26,33)(H,27,31)(H,34,35);;1H2/q;;+1;/p-1. The summed E-state index contributed by atoms with van der Waals surface area (Å²) in [5, 5.41) is 32.0. The van der Waals surface area contributed by atoms with Crippen LogP contribution in [0.5, 0.6) is 0 Å². The van der Waals surface area contributed by atoms with E-state index < -0.39 is 65.4 Å². The molecule has 2 heterocycles. The Hall–Kier alpha value is -6.86. The normalized spacial score (nSPS) is 10.7. The van der Waals surface area contributed by atoms with E-state index in [1.54, 1.807) is 39.8 Å². The second-order valence-electron chi connectivity index (χ2n) is 16.3. The van der Waals surface area contributed by atoms with Crippen molar-refractivity contribution in [3.05, 3.63) is 128 Å². The summed E-state index contributed by atoms with van der Waals surface area (Å²) in [6.45, 7) is 4.73. The number of hydrogen-bond donors (Lipinski definition) is 6. The first kappa shape index (κ1) is 60.4. The molecule has 6 rings (SSSR count). The van der Waals surface area contributed by atoms with Crippen LogP contribution in [0.4, 0.5) is 8.78 Å². The van der Waals surface area contributed by atoms with Crippen LogP contribution in [0.25, 0.3) is 21.8 Å². The van der Waals surface area contributed by atoms with E-state index in [2.05, 4.69) is 20.8 Å². The first-order chi connectivity index (χ1) is 33.5. The van der Waals surface area contributed by atoms with Gasteiger partial charge in [-0.15, -0.1) is 0 Å². The number of rotatable bonds is 19. The molecule has 9 N–H and O–H groups in total. The largest absolute Gasteiger partial charge is 1.00 e. The molecule has 21 nitrogen and oxygen atoms in total. The third-order valence-electron chi connectivity index (χ3n) is 10.8. The predicted molar refractivity (Wildman–Crippen MR) is 257 cm³/mol. The Morgan fingerprint density at radius 1 is 0.658 bits per heavy atom. The molecular weight excluding hydrogens is 1010 g/mol. The molecule has 0 aliphatic carbocycles. The zero-order valence-electron chi connectivity index (χ0n) is 40.0. The minimum absolute atomic E-state index is 0. The number of amides is 6. The zero-order chi connectivity index (χ0) is 52.4. The monoisotopic (exact) mass is 1060 g/mol. The number of nitrogens with two attached hydrogens (primary N) is 2. The van der Waals surface area contributed by atoms with E-state index in [1.807, 2.05) is 0 Å². The van der Waals surface area contributed by atoms with Gasteiger partial charge in [-0.25, -0.2) is 13.6 Å². The third-order valence-corrected chi connectivity index (χ3v) is 11.4.